The number of aliphatic carboxylic acids is 1. The van der Waals surface area contributed by atoms with Gasteiger partial charge in [-0.3, -0.25) is 4.79 Å². The summed E-state index contributed by atoms with van der Waals surface area (Å²) in [5.41, 5.74) is 1.09. The van der Waals surface area contributed by atoms with Crippen LogP contribution in [-0.4, -0.2) is 35.1 Å². The highest BCUT2D eigenvalue weighted by atomic mass is 19.1. The molecule has 1 aliphatic rings. The van der Waals surface area contributed by atoms with Gasteiger partial charge >= 0.3 is 12.0 Å². The number of rotatable bonds is 5. The SMILES string of the molecule is Cc1cc(F)ccc1NC(=O)N(CC(=O)O)CC1CC1. The first-order chi connectivity index (χ1) is 9.45. The van der Waals surface area contributed by atoms with Crippen molar-refractivity contribution >= 4 is 17.7 Å². The second kappa shape index (κ2) is 5.90. The van der Waals surface area contributed by atoms with Crippen molar-refractivity contribution in [3.8, 4) is 0 Å². The van der Waals surface area contributed by atoms with Crippen molar-refractivity contribution < 1.29 is 19.1 Å². The number of nitrogens with one attached hydrogen (secondary N) is 1. The number of benzene rings is 1. The molecule has 1 aromatic carbocycles. The standard InChI is InChI=1S/C14H17FN2O3/c1-9-6-11(15)4-5-12(9)16-14(20)17(8-13(18)19)7-10-2-3-10/h4-6,10H,2-3,7-8H2,1H3,(H,16,20)(H,18,19). The summed E-state index contributed by atoms with van der Waals surface area (Å²) in [6, 6.07) is 3.58. The van der Waals surface area contributed by atoms with Gasteiger partial charge in [0.25, 0.3) is 0 Å². The number of carbonyl (C=O) groups is 2. The molecule has 0 spiro atoms. The van der Waals surface area contributed by atoms with E-state index >= 15 is 0 Å². The molecule has 5 nitrogen and oxygen atoms in total. The van der Waals surface area contributed by atoms with E-state index in [0.717, 1.165) is 12.8 Å². The van der Waals surface area contributed by atoms with Crippen LogP contribution in [-0.2, 0) is 4.79 Å². The molecule has 1 aromatic rings. The Morgan fingerprint density at radius 1 is 1.45 bits per heavy atom. The van der Waals surface area contributed by atoms with Gasteiger partial charge in [-0.05, 0) is 49.4 Å². The molecule has 1 fully saturated rings. The number of urea groups is 1. The number of carboxylic acid groups (broad SMARTS) is 1. The summed E-state index contributed by atoms with van der Waals surface area (Å²) in [5.74, 6) is -1.02. The largest absolute Gasteiger partial charge is 0.480 e. The predicted octanol–water partition coefficient (Wildman–Crippen LogP) is 2.46. The van der Waals surface area contributed by atoms with Gasteiger partial charge in [-0.25, -0.2) is 9.18 Å². The number of carboxylic acids is 1. The Balaban J connectivity index is 2.04. The molecule has 0 aliphatic heterocycles. The second-order valence-corrected chi connectivity index (χ2v) is 5.11. The Bertz CT molecular complexity index is 529. The van der Waals surface area contributed by atoms with Crippen molar-refractivity contribution in [3.05, 3.63) is 29.6 Å². The highest BCUT2D eigenvalue weighted by molar-refractivity contribution is 5.92. The molecule has 2 N–H and O–H groups in total. The van der Waals surface area contributed by atoms with Crippen molar-refractivity contribution in [2.45, 2.75) is 19.8 Å². The lowest BCUT2D eigenvalue weighted by Gasteiger charge is -2.21. The predicted molar refractivity (Wildman–Crippen MR) is 72.1 cm³/mol. The molecule has 2 rings (SSSR count). The van der Waals surface area contributed by atoms with E-state index in [2.05, 4.69) is 5.32 Å². The summed E-state index contributed by atoms with van der Waals surface area (Å²) in [4.78, 5) is 24.2. The van der Waals surface area contributed by atoms with Crippen LogP contribution >= 0.6 is 0 Å². The Labute approximate surface area is 116 Å². The molecule has 0 saturated heterocycles. The Kier molecular flexibility index (Phi) is 4.22. The molecule has 0 aromatic heterocycles. The number of amides is 2. The molecule has 0 bridgehead atoms. The number of aryl methyl sites for hydroxylation is 1. The minimum absolute atomic E-state index is 0.331. The molecule has 0 heterocycles. The molecular formula is C14H17FN2O3. The quantitative estimate of drug-likeness (QED) is 0.870. The first-order valence-electron chi connectivity index (χ1n) is 6.49. The monoisotopic (exact) mass is 280 g/mol. The fourth-order valence-corrected chi connectivity index (χ4v) is 1.96. The highest BCUT2D eigenvalue weighted by Gasteiger charge is 2.28. The molecule has 20 heavy (non-hydrogen) atoms. The van der Waals surface area contributed by atoms with Gasteiger partial charge in [0.1, 0.15) is 12.4 Å². The minimum atomic E-state index is -1.04. The fraction of sp³-hybridized carbons (Fsp3) is 0.429. The summed E-state index contributed by atoms with van der Waals surface area (Å²) >= 11 is 0. The van der Waals surface area contributed by atoms with Crippen molar-refractivity contribution in [1.29, 1.82) is 0 Å². The molecule has 108 valence electrons. The first kappa shape index (κ1) is 14.3. The van der Waals surface area contributed by atoms with E-state index in [9.17, 15) is 14.0 Å². The van der Waals surface area contributed by atoms with Crippen LogP contribution in [0, 0.1) is 18.7 Å². The smallest absolute Gasteiger partial charge is 0.323 e. The van der Waals surface area contributed by atoms with Gasteiger partial charge in [-0.15, -0.1) is 0 Å². The maximum absolute atomic E-state index is 13.0. The van der Waals surface area contributed by atoms with E-state index in [4.69, 9.17) is 5.11 Å². The van der Waals surface area contributed by atoms with Gasteiger partial charge in [-0.2, -0.15) is 0 Å². The van der Waals surface area contributed by atoms with Gasteiger partial charge in [0.15, 0.2) is 0 Å². The van der Waals surface area contributed by atoms with Crippen molar-refractivity contribution in [2.75, 3.05) is 18.4 Å². The number of halogens is 1. The first-order valence-corrected chi connectivity index (χ1v) is 6.49. The van der Waals surface area contributed by atoms with E-state index in [1.807, 2.05) is 0 Å². The van der Waals surface area contributed by atoms with Crippen LogP contribution in [0.15, 0.2) is 18.2 Å². The third-order valence-corrected chi connectivity index (χ3v) is 3.22. The van der Waals surface area contributed by atoms with E-state index in [-0.39, 0.29) is 12.4 Å². The van der Waals surface area contributed by atoms with Crippen molar-refractivity contribution in [1.82, 2.24) is 4.90 Å². The average molecular weight is 280 g/mol. The molecule has 2 amide bonds. The Morgan fingerprint density at radius 3 is 2.70 bits per heavy atom. The van der Waals surface area contributed by atoms with Crippen LogP contribution < -0.4 is 5.32 Å². The van der Waals surface area contributed by atoms with Crippen LogP contribution in [0.5, 0.6) is 0 Å². The summed E-state index contributed by atoms with van der Waals surface area (Å²) < 4.78 is 13.0. The molecule has 1 saturated carbocycles. The van der Waals surface area contributed by atoms with Gasteiger partial charge in [0.2, 0.25) is 0 Å². The van der Waals surface area contributed by atoms with E-state index in [1.54, 1.807) is 6.92 Å². The van der Waals surface area contributed by atoms with Gasteiger partial charge in [0.05, 0.1) is 0 Å². The number of hydrogen-bond donors (Lipinski definition) is 2. The molecule has 0 unspecified atom stereocenters. The lowest BCUT2D eigenvalue weighted by molar-refractivity contribution is -0.137. The molecular weight excluding hydrogens is 263 g/mol. The number of carbonyl (C=O) groups excluding carboxylic acids is 1. The lowest BCUT2D eigenvalue weighted by atomic mass is 10.2. The Morgan fingerprint density at radius 2 is 2.15 bits per heavy atom. The molecule has 1 aliphatic carbocycles. The number of anilines is 1. The normalized spacial score (nSPS) is 13.9. The van der Waals surface area contributed by atoms with E-state index in [0.29, 0.717) is 23.7 Å². The molecule has 0 atom stereocenters. The summed E-state index contributed by atoms with van der Waals surface area (Å²) in [6.07, 6.45) is 2.05. The van der Waals surface area contributed by atoms with Crippen LogP contribution in [0.1, 0.15) is 18.4 Å². The number of nitrogens with zero attached hydrogens (tertiary/aromatic N) is 1. The van der Waals surface area contributed by atoms with Crippen molar-refractivity contribution in [3.63, 3.8) is 0 Å². The summed E-state index contributed by atoms with van der Waals surface area (Å²) in [5, 5.41) is 11.5. The fourth-order valence-electron chi connectivity index (χ4n) is 1.96. The van der Waals surface area contributed by atoms with E-state index in [1.165, 1.54) is 23.1 Å². The van der Waals surface area contributed by atoms with Crippen LogP contribution in [0.2, 0.25) is 0 Å². The zero-order chi connectivity index (χ0) is 14.7. The third kappa shape index (κ3) is 3.94. The Hall–Kier alpha value is -2.11. The van der Waals surface area contributed by atoms with Gasteiger partial charge < -0.3 is 15.3 Å². The average Bonchev–Trinajstić information content (AvgIpc) is 3.15. The highest BCUT2D eigenvalue weighted by Crippen LogP contribution is 2.30. The molecule has 0 radical (unpaired) electrons. The third-order valence-electron chi connectivity index (χ3n) is 3.22. The van der Waals surface area contributed by atoms with Crippen LogP contribution in [0.3, 0.4) is 0 Å². The summed E-state index contributed by atoms with van der Waals surface area (Å²) in [6.45, 7) is 1.79. The van der Waals surface area contributed by atoms with E-state index < -0.39 is 12.0 Å². The number of hydrogen-bond acceptors (Lipinski definition) is 2. The van der Waals surface area contributed by atoms with Gasteiger partial charge in [-0.1, -0.05) is 0 Å². The lowest BCUT2D eigenvalue weighted by Crippen LogP contribution is -2.40. The van der Waals surface area contributed by atoms with Gasteiger partial charge in [0, 0.05) is 12.2 Å². The maximum Gasteiger partial charge on any atom is 0.323 e. The van der Waals surface area contributed by atoms with Crippen LogP contribution in [0.4, 0.5) is 14.9 Å². The molecule has 6 heteroatoms. The zero-order valence-electron chi connectivity index (χ0n) is 11.2. The second-order valence-electron chi connectivity index (χ2n) is 5.11. The van der Waals surface area contributed by atoms with Crippen LogP contribution in [0.25, 0.3) is 0 Å². The minimum Gasteiger partial charge on any atom is -0.480 e. The van der Waals surface area contributed by atoms with Crippen molar-refractivity contribution in [2.24, 2.45) is 5.92 Å². The topological polar surface area (TPSA) is 69.6 Å². The zero-order valence-corrected chi connectivity index (χ0v) is 11.2. The maximum atomic E-state index is 13.0. The summed E-state index contributed by atoms with van der Waals surface area (Å²) in [7, 11) is 0.